The summed E-state index contributed by atoms with van der Waals surface area (Å²) in [6.45, 7) is 1.62. The Balaban J connectivity index is 2.16. The number of anilines is 1. The van der Waals surface area contributed by atoms with E-state index < -0.39 is 15.8 Å². The third kappa shape index (κ3) is 3.28. The first-order valence-electron chi connectivity index (χ1n) is 7.94. The zero-order valence-corrected chi connectivity index (χ0v) is 15.1. The van der Waals surface area contributed by atoms with Gasteiger partial charge in [0.2, 0.25) is 0 Å². The number of carboxylic acids is 1. The highest BCUT2D eigenvalue weighted by atomic mass is 32.2. The molecule has 0 saturated heterocycles. The third-order valence-corrected chi connectivity index (χ3v) is 5.51. The number of carbonyl (C=O) groups excluding carboxylic acids is 1. The van der Waals surface area contributed by atoms with Gasteiger partial charge in [-0.2, -0.15) is 0 Å². The number of carboxylic acid groups (broad SMARTS) is 1. The molecule has 3 N–H and O–H groups in total. The molecule has 1 aliphatic rings. The van der Waals surface area contributed by atoms with Gasteiger partial charge in [-0.25, -0.2) is 8.42 Å². The monoisotopic (exact) mass is 374 g/mol. The minimum atomic E-state index is -3.55. The molecular weight excluding hydrogens is 356 g/mol. The number of aliphatic carboxylic acids is 1. The minimum absolute atomic E-state index is 0.0461. The van der Waals surface area contributed by atoms with Crippen LogP contribution in [0.15, 0.2) is 29.2 Å². The van der Waals surface area contributed by atoms with Gasteiger partial charge in [-0.1, -0.05) is 18.2 Å². The van der Waals surface area contributed by atoms with Crippen LogP contribution in [0.2, 0.25) is 0 Å². The second-order valence-electron chi connectivity index (χ2n) is 6.19. The molecule has 1 aromatic carbocycles. The van der Waals surface area contributed by atoms with Gasteiger partial charge < -0.3 is 15.4 Å². The smallest absolute Gasteiger partial charge is 0.303 e. The van der Waals surface area contributed by atoms with Crippen LogP contribution in [-0.2, 0) is 25.8 Å². The highest BCUT2D eigenvalue weighted by Crippen LogP contribution is 2.34. The van der Waals surface area contributed by atoms with Crippen LogP contribution >= 0.6 is 0 Å². The summed E-state index contributed by atoms with van der Waals surface area (Å²) in [4.78, 5) is 26.4. The average molecular weight is 374 g/mol. The zero-order chi connectivity index (χ0) is 19.1. The summed E-state index contributed by atoms with van der Waals surface area (Å²) in [5, 5.41) is 11.7. The number of hydrogen-bond donors (Lipinski definition) is 3. The topological polar surface area (TPSA) is 116 Å². The van der Waals surface area contributed by atoms with Gasteiger partial charge in [-0.15, -0.1) is 0 Å². The van der Waals surface area contributed by atoms with E-state index in [-0.39, 0.29) is 23.6 Å². The summed E-state index contributed by atoms with van der Waals surface area (Å²) < 4.78 is 24.3. The van der Waals surface area contributed by atoms with E-state index in [1.54, 1.807) is 37.3 Å². The molecule has 136 valence electrons. The number of benzene rings is 1. The van der Waals surface area contributed by atoms with Gasteiger partial charge >= 0.3 is 5.97 Å². The highest BCUT2D eigenvalue weighted by molar-refractivity contribution is 7.90. The number of aromatic amines is 1. The van der Waals surface area contributed by atoms with Crippen molar-refractivity contribution in [3.63, 3.8) is 0 Å². The normalized spacial score (nSPS) is 15.2. The Kier molecular flexibility index (Phi) is 4.45. The summed E-state index contributed by atoms with van der Waals surface area (Å²) in [5.74, 6) is -1.31. The second-order valence-corrected chi connectivity index (χ2v) is 8.15. The molecule has 0 bridgehead atoms. The molecule has 0 fully saturated rings. The fourth-order valence-electron chi connectivity index (χ4n) is 3.21. The lowest BCUT2D eigenvalue weighted by atomic mass is 10.0. The van der Waals surface area contributed by atoms with Gasteiger partial charge in [0, 0.05) is 35.3 Å². The molecule has 2 aromatic rings. The SMILES string of the molecule is Cc1[nH]c(C=C2C(=O)Nc3ccccc32)c(CCC(=O)O)c1S(C)(=O)=O. The van der Waals surface area contributed by atoms with Crippen molar-refractivity contribution in [2.75, 3.05) is 11.6 Å². The van der Waals surface area contributed by atoms with Crippen LogP contribution in [0.3, 0.4) is 0 Å². The third-order valence-electron chi connectivity index (χ3n) is 4.22. The van der Waals surface area contributed by atoms with E-state index in [1.165, 1.54) is 0 Å². The number of hydrogen-bond acceptors (Lipinski definition) is 4. The average Bonchev–Trinajstić information content (AvgIpc) is 3.02. The molecule has 0 atom stereocenters. The number of sulfone groups is 1. The molecule has 0 radical (unpaired) electrons. The van der Waals surface area contributed by atoms with Gasteiger partial charge in [0.15, 0.2) is 9.84 Å². The molecule has 0 unspecified atom stereocenters. The molecule has 0 aliphatic carbocycles. The minimum Gasteiger partial charge on any atom is -0.481 e. The van der Waals surface area contributed by atoms with E-state index in [9.17, 15) is 18.0 Å². The van der Waals surface area contributed by atoms with E-state index in [1.807, 2.05) is 0 Å². The molecule has 8 heteroatoms. The van der Waals surface area contributed by atoms with Gasteiger partial charge in [-0.3, -0.25) is 9.59 Å². The van der Waals surface area contributed by atoms with E-state index in [2.05, 4.69) is 10.3 Å². The van der Waals surface area contributed by atoms with Crippen LogP contribution in [0.5, 0.6) is 0 Å². The summed E-state index contributed by atoms with van der Waals surface area (Å²) in [7, 11) is -3.55. The maximum absolute atomic E-state index is 12.3. The van der Waals surface area contributed by atoms with Crippen molar-refractivity contribution in [2.45, 2.75) is 24.7 Å². The number of rotatable bonds is 5. The van der Waals surface area contributed by atoms with E-state index >= 15 is 0 Å². The number of fused-ring (bicyclic) bond motifs is 1. The van der Waals surface area contributed by atoms with Crippen molar-refractivity contribution < 1.29 is 23.1 Å². The van der Waals surface area contributed by atoms with E-state index in [4.69, 9.17) is 5.11 Å². The van der Waals surface area contributed by atoms with Crippen LogP contribution < -0.4 is 5.32 Å². The Bertz CT molecular complexity index is 1050. The predicted molar refractivity (Wildman–Crippen MR) is 97.5 cm³/mol. The van der Waals surface area contributed by atoms with Crippen LogP contribution in [-0.4, -0.2) is 36.6 Å². The number of aromatic nitrogens is 1. The number of aryl methyl sites for hydroxylation is 1. The van der Waals surface area contributed by atoms with E-state index in [0.29, 0.717) is 28.2 Å². The molecular formula is C18H18N2O5S. The number of carbonyl (C=O) groups is 2. The molecule has 0 saturated carbocycles. The summed E-state index contributed by atoms with van der Waals surface area (Å²) in [6, 6.07) is 7.19. The Labute approximate surface area is 150 Å². The van der Waals surface area contributed by atoms with Crippen LogP contribution in [0, 0.1) is 6.92 Å². The second kappa shape index (κ2) is 6.45. The fourth-order valence-corrected chi connectivity index (χ4v) is 4.48. The zero-order valence-electron chi connectivity index (χ0n) is 14.3. The number of para-hydroxylation sites is 1. The Morgan fingerprint density at radius 2 is 1.96 bits per heavy atom. The summed E-state index contributed by atoms with van der Waals surface area (Å²) in [5.41, 5.74) is 3.05. The van der Waals surface area contributed by atoms with Gasteiger partial charge in [0.25, 0.3) is 5.91 Å². The maximum atomic E-state index is 12.3. The lowest BCUT2D eigenvalue weighted by Crippen LogP contribution is -2.06. The van der Waals surface area contributed by atoms with E-state index in [0.717, 1.165) is 11.8 Å². The Morgan fingerprint density at radius 1 is 1.27 bits per heavy atom. The summed E-state index contributed by atoms with van der Waals surface area (Å²) >= 11 is 0. The molecule has 1 amide bonds. The number of H-pyrrole nitrogens is 1. The first-order valence-corrected chi connectivity index (χ1v) is 9.83. The predicted octanol–water partition coefficient (Wildman–Crippen LogP) is 2.24. The first kappa shape index (κ1) is 17.9. The molecule has 7 nitrogen and oxygen atoms in total. The number of amides is 1. The first-order chi connectivity index (χ1) is 12.2. The molecule has 1 aliphatic heterocycles. The van der Waals surface area contributed by atoms with Crippen LogP contribution in [0.1, 0.15) is 28.9 Å². The highest BCUT2D eigenvalue weighted by Gasteiger charge is 2.27. The maximum Gasteiger partial charge on any atom is 0.303 e. The molecule has 2 heterocycles. The lowest BCUT2D eigenvalue weighted by Gasteiger charge is -2.04. The van der Waals surface area contributed by atoms with Crippen molar-refractivity contribution in [1.29, 1.82) is 0 Å². The van der Waals surface area contributed by atoms with Gasteiger partial charge in [-0.05, 0) is 31.1 Å². The Morgan fingerprint density at radius 3 is 2.62 bits per heavy atom. The molecule has 3 rings (SSSR count). The number of nitrogens with one attached hydrogen (secondary N) is 2. The van der Waals surface area contributed by atoms with Crippen molar-refractivity contribution in [2.24, 2.45) is 0 Å². The van der Waals surface area contributed by atoms with Crippen LogP contribution in [0.25, 0.3) is 11.6 Å². The van der Waals surface area contributed by atoms with Crippen molar-refractivity contribution in [3.05, 3.63) is 46.8 Å². The summed E-state index contributed by atoms with van der Waals surface area (Å²) in [6.07, 6.45) is 2.51. The van der Waals surface area contributed by atoms with Gasteiger partial charge in [0.1, 0.15) is 0 Å². The molecule has 26 heavy (non-hydrogen) atoms. The molecule has 0 spiro atoms. The fraction of sp³-hybridized carbons (Fsp3) is 0.222. The van der Waals surface area contributed by atoms with Crippen LogP contribution in [0.4, 0.5) is 5.69 Å². The largest absolute Gasteiger partial charge is 0.481 e. The van der Waals surface area contributed by atoms with Gasteiger partial charge in [0.05, 0.1) is 10.5 Å². The molecule has 1 aromatic heterocycles. The standard InChI is InChI=1S/C18H18N2O5S/c1-10-17(26(2,24)25)12(7-8-16(21)22)15(19-10)9-13-11-5-3-4-6-14(11)20-18(13)23/h3-6,9,19H,7-8H2,1-2H3,(H,20,23)(H,21,22). The Hall–Kier alpha value is -2.87. The quantitative estimate of drug-likeness (QED) is 0.694. The van der Waals surface area contributed by atoms with Crippen molar-refractivity contribution in [3.8, 4) is 0 Å². The lowest BCUT2D eigenvalue weighted by molar-refractivity contribution is -0.137. The van der Waals surface area contributed by atoms with Crippen molar-refractivity contribution >= 4 is 39.1 Å². The van der Waals surface area contributed by atoms with Crippen molar-refractivity contribution in [1.82, 2.24) is 4.98 Å².